The van der Waals surface area contributed by atoms with E-state index >= 15 is 0 Å². The van der Waals surface area contributed by atoms with Gasteiger partial charge in [0.1, 0.15) is 0 Å². The van der Waals surface area contributed by atoms with Crippen molar-refractivity contribution in [2.45, 2.75) is 38.6 Å². The zero-order valence-corrected chi connectivity index (χ0v) is 13.6. The standard InChI is InChI=1S/C13H20BrNO2S/c1-9-5-6-13(10(2)7-9)18(16,17)15-12(4)11(3)8-14/h5-7,11-12,15H,8H2,1-4H3. The van der Waals surface area contributed by atoms with E-state index in [1.807, 2.05) is 39.8 Å². The molecule has 0 bridgehead atoms. The molecule has 102 valence electrons. The molecule has 1 N–H and O–H groups in total. The smallest absolute Gasteiger partial charge is 0.208 e. The van der Waals surface area contributed by atoms with Crippen LogP contribution in [-0.2, 0) is 10.0 Å². The van der Waals surface area contributed by atoms with Gasteiger partial charge in [-0.15, -0.1) is 0 Å². The van der Waals surface area contributed by atoms with Crippen LogP contribution in [0, 0.1) is 19.8 Å². The quantitative estimate of drug-likeness (QED) is 0.842. The Bertz CT molecular complexity index is 514. The van der Waals surface area contributed by atoms with E-state index in [9.17, 15) is 8.42 Å². The Morgan fingerprint density at radius 1 is 1.28 bits per heavy atom. The van der Waals surface area contributed by atoms with Crippen LogP contribution in [0.25, 0.3) is 0 Å². The van der Waals surface area contributed by atoms with Crippen LogP contribution < -0.4 is 4.72 Å². The predicted octanol–water partition coefficient (Wildman–Crippen LogP) is 3.00. The van der Waals surface area contributed by atoms with Gasteiger partial charge in [0.05, 0.1) is 4.90 Å². The highest BCUT2D eigenvalue weighted by atomic mass is 79.9. The Morgan fingerprint density at radius 3 is 2.39 bits per heavy atom. The summed E-state index contributed by atoms with van der Waals surface area (Å²) in [5, 5.41) is 0.767. The molecule has 1 rings (SSSR count). The van der Waals surface area contributed by atoms with Crippen LogP contribution >= 0.6 is 15.9 Å². The summed E-state index contributed by atoms with van der Waals surface area (Å²) in [7, 11) is -3.43. The number of halogens is 1. The van der Waals surface area contributed by atoms with E-state index in [0.717, 1.165) is 16.5 Å². The van der Waals surface area contributed by atoms with Crippen LogP contribution in [0.1, 0.15) is 25.0 Å². The van der Waals surface area contributed by atoms with Crippen LogP contribution in [0.5, 0.6) is 0 Å². The third kappa shape index (κ3) is 3.80. The third-order valence-corrected chi connectivity index (χ3v) is 5.80. The number of sulfonamides is 1. The van der Waals surface area contributed by atoms with Crippen molar-refractivity contribution in [1.82, 2.24) is 4.72 Å². The molecule has 1 aromatic rings. The average Bonchev–Trinajstić information content (AvgIpc) is 2.26. The fourth-order valence-corrected chi connectivity index (χ4v) is 3.80. The van der Waals surface area contributed by atoms with Gasteiger partial charge < -0.3 is 0 Å². The molecular weight excluding hydrogens is 314 g/mol. The molecule has 2 atom stereocenters. The minimum atomic E-state index is -3.43. The van der Waals surface area contributed by atoms with Crippen LogP contribution in [0.4, 0.5) is 0 Å². The third-order valence-electron chi connectivity index (χ3n) is 3.06. The minimum absolute atomic E-state index is 0.102. The van der Waals surface area contributed by atoms with Gasteiger partial charge in [-0.3, -0.25) is 0 Å². The lowest BCUT2D eigenvalue weighted by atomic mass is 10.1. The largest absolute Gasteiger partial charge is 0.241 e. The molecule has 0 radical (unpaired) electrons. The number of alkyl halides is 1. The molecule has 5 heteroatoms. The van der Waals surface area contributed by atoms with Crippen molar-refractivity contribution < 1.29 is 8.42 Å². The van der Waals surface area contributed by atoms with Crippen molar-refractivity contribution in [1.29, 1.82) is 0 Å². The highest BCUT2D eigenvalue weighted by molar-refractivity contribution is 9.09. The van der Waals surface area contributed by atoms with Crippen molar-refractivity contribution in [2.75, 3.05) is 5.33 Å². The summed E-state index contributed by atoms with van der Waals surface area (Å²) in [6.07, 6.45) is 0. The lowest BCUT2D eigenvalue weighted by molar-refractivity contribution is 0.484. The van der Waals surface area contributed by atoms with E-state index in [1.54, 1.807) is 6.07 Å². The van der Waals surface area contributed by atoms with Crippen molar-refractivity contribution >= 4 is 26.0 Å². The molecule has 1 aromatic carbocycles. The van der Waals surface area contributed by atoms with Gasteiger partial charge in [0, 0.05) is 11.4 Å². The fourth-order valence-electron chi connectivity index (χ4n) is 1.66. The molecular formula is C13H20BrNO2S. The summed E-state index contributed by atoms with van der Waals surface area (Å²) in [6.45, 7) is 7.66. The molecule has 0 aliphatic carbocycles. The van der Waals surface area contributed by atoms with E-state index in [0.29, 0.717) is 4.90 Å². The number of nitrogens with one attached hydrogen (secondary N) is 1. The van der Waals surface area contributed by atoms with Crippen LogP contribution in [-0.4, -0.2) is 19.8 Å². The first-order chi connectivity index (χ1) is 8.27. The molecule has 0 saturated heterocycles. The first-order valence-electron chi connectivity index (χ1n) is 5.93. The lowest BCUT2D eigenvalue weighted by Gasteiger charge is -2.20. The van der Waals surface area contributed by atoms with E-state index in [4.69, 9.17) is 0 Å². The summed E-state index contributed by atoms with van der Waals surface area (Å²) in [5.74, 6) is 0.241. The molecule has 0 aliphatic heterocycles. The summed E-state index contributed by atoms with van der Waals surface area (Å²) < 4.78 is 27.3. The second-order valence-electron chi connectivity index (χ2n) is 4.81. The molecule has 0 fully saturated rings. The van der Waals surface area contributed by atoms with Gasteiger partial charge in [-0.2, -0.15) is 0 Å². The molecule has 0 aromatic heterocycles. The van der Waals surface area contributed by atoms with E-state index in [-0.39, 0.29) is 12.0 Å². The van der Waals surface area contributed by atoms with Gasteiger partial charge in [-0.1, -0.05) is 40.5 Å². The highest BCUT2D eigenvalue weighted by Gasteiger charge is 2.22. The van der Waals surface area contributed by atoms with Crippen molar-refractivity contribution in [3.63, 3.8) is 0 Å². The van der Waals surface area contributed by atoms with Gasteiger partial charge in [0.15, 0.2) is 0 Å². The Balaban J connectivity index is 3.00. The normalized spacial score (nSPS) is 15.4. The zero-order valence-electron chi connectivity index (χ0n) is 11.2. The van der Waals surface area contributed by atoms with Crippen molar-refractivity contribution in [3.8, 4) is 0 Å². The molecule has 3 nitrogen and oxygen atoms in total. The maximum atomic E-state index is 12.3. The maximum absolute atomic E-state index is 12.3. The van der Waals surface area contributed by atoms with E-state index in [2.05, 4.69) is 20.7 Å². The molecule has 0 aliphatic rings. The van der Waals surface area contributed by atoms with Gasteiger partial charge in [-0.25, -0.2) is 13.1 Å². The number of hydrogen-bond acceptors (Lipinski definition) is 2. The highest BCUT2D eigenvalue weighted by Crippen LogP contribution is 2.18. The number of aryl methyl sites for hydroxylation is 2. The lowest BCUT2D eigenvalue weighted by Crippen LogP contribution is -2.37. The van der Waals surface area contributed by atoms with Crippen LogP contribution in [0.3, 0.4) is 0 Å². The minimum Gasteiger partial charge on any atom is -0.208 e. The van der Waals surface area contributed by atoms with Crippen LogP contribution in [0.2, 0.25) is 0 Å². The SMILES string of the molecule is Cc1ccc(S(=O)(=O)NC(C)C(C)CBr)c(C)c1. The van der Waals surface area contributed by atoms with E-state index < -0.39 is 10.0 Å². The summed E-state index contributed by atoms with van der Waals surface area (Å²) in [5.41, 5.74) is 1.84. The first-order valence-corrected chi connectivity index (χ1v) is 8.54. The van der Waals surface area contributed by atoms with Gasteiger partial charge in [0.2, 0.25) is 10.0 Å². The summed E-state index contributed by atoms with van der Waals surface area (Å²) in [4.78, 5) is 0.363. The Hall–Kier alpha value is -0.390. The Labute approximate surface area is 118 Å². The molecule has 0 saturated carbocycles. The fraction of sp³-hybridized carbons (Fsp3) is 0.538. The van der Waals surface area contributed by atoms with Gasteiger partial charge in [-0.05, 0) is 38.3 Å². The molecule has 0 spiro atoms. The van der Waals surface area contributed by atoms with Crippen LogP contribution in [0.15, 0.2) is 23.1 Å². The number of rotatable bonds is 5. The predicted molar refractivity (Wildman–Crippen MR) is 78.7 cm³/mol. The summed E-state index contributed by atoms with van der Waals surface area (Å²) in [6, 6.07) is 5.27. The van der Waals surface area contributed by atoms with Gasteiger partial charge >= 0.3 is 0 Å². The second kappa shape index (κ2) is 6.17. The Morgan fingerprint density at radius 2 is 1.89 bits per heavy atom. The first kappa shape index (κ1) is 15.7. The number of benzene rings is 1. The van der Waals surface area contributed by atoms with Crippen molar-refractivity contribution in [2.24, 2.45) is 5.92 Å². The Kier molecular flexibility index (Phi) is 5.37. The maximum Gasteiger partial charge on any atom is 0.241 e. The average molecular weight is 334 g/mol. The molecule has 0 heterocycles. The summed E-state index contributed by atoms with van der Waals surface area (Å²) >= 11 is 3.37. The molecule has 2 unspecified atom stereocenters. The van der Waals surface area contributed by atoms with Gasteiger partial charge in [0.25, 0.3) is 0 Å². The molecule has 18 heavy (non-hydrogen) atoms. The monoisotopic (exact) mass is 333 g/mol. The number of hydrogen-bond donors (Lipinski definition) is 1. The topological polar surface area (TPSA) is 46.2 Å². The molecule has 0 amide bonds. The second-order valence-corrected chi connectivity index (χ2v) is 7.14. The van der Waals surface area contributed by atoms with Crippen molar-refractivity contribution in [3.05, 3.63) is 29.3 Å². The zero-order chi connectivity index (χ0) is 13.9. The van der Waals surface area contributed by atoms with E-state index in [1.165, 1.54) is 0 Å².